The second-order valence-corrected chi connectivity index (χ2v) is 5.66. The van der Waals surface area contributed by atoms with Crippen molar-refractivity contribution in [1.82, 2.24) is 5.32 Å². The summed E-state index contributed by atoms with van der Waals surface area (Å²) in [5.74, 6) is -0.0489. The molecule has 1 fully saturated rings. The van der Waals surface area contributed by atoms with Crippen LogP contribution in [0.3, 0.4) is 0 Å². The molecule has 2 atom stereocenters. The van der Waals surface area contributed by atoms with E-state index in [1.54, 1.807) is 18.2 Å². The van der Waals surface area contributed by atoms with Gasteiger partial charge in [0.1, 0.15) is 0 Å². The minimum Gasteiger partial charge on any atom is -0.376 e. The molecule has 19 heavy (non-hydrogen) atoms. The third kappa shape index (κ3) is 4.10. The van der Waals surface area contributed by atoms with Crippen molar-refractivity contribution in [3.8, 4) is 0 Å². The zero-order valence-electron chi connectivity index (χ0n) is 10.8. The van der Waals surface area contributed by atoms with Crippen molar-refractivity contribution in [2.24, 2.45) is 0 Å². The molecule has 0 spiro atoms. The topological polar surface area (TPSA) is 38.3 Å². The van der Waals surface area contributed by atoms with Gasteiger partial charge in [-0.25, -0.2) is 0 Å². The number of hydrogen-bond acceptors (Lipinski definition) is 2. The van der Waals surface area contributed by atoms with Crippen molar-refractivity contribution in [1.29, 1.82) is 0 Å². The maximum atomic E-state index is 12.0. The molecule has 1 aliphatic heterocycles. The molecule has 2 rings (SSSR count). The number of nitrogens with one attached hydrogen (secondary N) is 1. The smallest absolute Gasteiger partial charge is 0.224 e. The SMILES string of the molecule is CC(NC(=O)Cc1ccc(Cl)cc1Cl)C1CCCO1. The predicted octanol–water partition coefficient (Wildman–Crippen LogP) is 3.22. The van der Waals surface area contributed by atoms with Gasteiger partial charge in [-0.2, -0.15) is 0 Å². The molecule has 1 heterocycles. The van der Waals surface area contributed by atoms with Crippen LogP contribution >= 0.6 is 23.2 Å². The molecule has 5 heteroatoms. The van der Waals surface area contributed by atoms with Crippen LogP contribution in [0.2, 0.25) is 10.0 Å². The van der Waals surface area contributed by atoms with Crippen molar-refractivity contribution in [2.45, 2.75) is 38.3 Å². The molecule has 0 radical (unpaired) electrons. The molecule has 2 unspecified atom stereocenters. The van der Waals surface area contributed by atoms with E-state index in [0.29, 0.717) is 10.0 Å². The number of ether oxygens (including phenoxy) is 1. The minimum atomic E-state index is -0.0489. The highest BCUT2D eigenvalue weighted by Gasteiger charge is 2.23. The standard InChI is InChI=1S/C14H17Cl2NO2/c1-9(13-3-2-6-19-13)17-14(18)7-10-4-5-11(15)8-12(10)16/h4-5,8-9,13H,2-3,6-7H2,1H3,(H,17,18). The van der Waals surface area contributed by atoms with E-state index in [9.17, 15) is 4.79 Å². The molecule has 0 aromatic heterocycles. The van der Waals surface area contributed by atoms with Gasteiger partial charge in [-0.15, -0.1) is 0 Å². The lowest BCUT2D eigenvalue weighted by Gasteiger charge is -2.20. The fraction of sp³-hybridized carbons (Fsp3) is 0.500. The van der Waals surface area contributed by atoms with Crippen LogP contribution in [0, 0.1) is 0 Å². The van der Waals surface area contributed by atoms with Crippen LogP contribution in [-0.2, 0) is 16.0 Å². The lowest BCUT2D eigenvalue weighted by Crippen LogP contribution is -2.41. The Bertz CT molecular complexity index is 459. The Kier molecular flexibility index (Phi) is 5.08. The largest absolute Gasteiger partial charge is 0.376 e. The van der Waals surface area contributed by atoms with Crippen molar-refractivity contribution < 1.29 is 9.53 Å². The summed E-state index contributed by atoms with van der Waals surface area (Å²) in [6.45, 7) is 2.76. The van der Waals surface area contributed by atoms with Gasteiger partial charge in [0.15, 0.2) is 0 Å². The summed E-state index contributed by atoms with van der Waals surface area (Å²) in [6, 6.07) is 5.19. The summed E-state index contributed by atoms with van der Waals surface area (Å²) >= 11 is 11.9. The lowest BCUT2D eigenvalue weighted by molar-refractivity contribution is -0.121. The van der Waals surface area contributed by atoms with Gasteiger partial charge in [0.2, 0.25) is 5.91 Å². The first kappa shape index (κ1) is 14.6. The Morgan fingerprint density at radius 3 is 2.95 bits per heavy atom. The number of amides is 1. The van der Waals surface area contributed by atoms with Crippen LogP contribution in [0.15, 0.2) is 18.2 Å². The number of benzene rings is 1. The van der Waals surface area contributed by atoms with Gasteiger partial charge in [0.05, 0.1) is 18.6 Å². The third-order valence-electron chi connectivity index (χ3n) is 3.28. The highest BCUT2D eigenvalue weighted by atomic mass is 35.5. The van der Waals surface area contributed by atoms with Gasteiger partial charge in [0.25, 0.3) is 0 Å². The molecule has 0 bridgehead atoms. The number of rotatable bonds is 4. The highest BCUT2D eigenvalue weighted by molar-refractivity contribution is 6.35. The van der Waals surface area contributed by atoms with Crippen LogP contribution in [0.4, 0.5) is 0 Å². The number of hydrogen-bond donors (Lipinski definition) is 1. The van der Waals surface area contributed by atoms with Crippen molar-refractivity contribution in [2.75, 3.05) is 6.61 Å². The number of halogens is 2. The maximum Gasteiger partial charge on any atom is 0.224 e. The van der Waals surface area contributed by atoms with E-state index in [1.165, 1.54) is 0 Å². The zero-order valence-corrected chi connectivity index (χ0v) is 12.3. The van der Waals surface area contributed by atoms with Crippen LogP contribution < -0.4 is 5.32 Å². The minimum absolute atomic E-state index is 0.0288. The molecule has 104 valence electrons. The van der Waals surface area contributed by atoms with Gasteiger partial charge >= 0.3 is 0 Å². The Morgan fingerprint density at radius 1 is 1.53 bits per heavy atom. The van der Waals surface area contributed by atoms with E-state index in [-0.39, 0.29) is 24.5 Å². The summed E-state index contributed by atoms with van der Waals surface area (Å²) in [7, 11) is 0. The van der Waals surface area contributed by atoms with E-state index in [1.807, 2.05) is 6.92 Å². The molecular formula is C14H17Cl2NO2. The number of carbonyl (C=O) groups excluding carboxylic acids is 1. The molecule has 1 N–H and O–H groups in total. The van der Waals surface area contributed by atoms with E-state index >= 15 is 0 Å². The van der Waals surface area contributed by atoms with Crippen LogP contribution in [0.1, 0.15) is 25.3 Å². The molecular weight excluding hydrogens is 285 g/mol. The molecule has 1 aliphatic rings. The quantitative estimate of drug-likeness (QED) is 0.927. The number of carbonyl (C=O) groups is 1. The van der Waals surface area contributed by atoms with Crippen molar-refractivity contribution in [3.63, 3.8) is 0 Å². The summed E-state index contributed by atoms with van der Waals surface area (Å²) in [6.07, 6.45) is 2.45. The van der Waals surface area contributed by atoms with Gasteiger partial charge < -0.3 is 10.1 Å². The molecule has 1 aromatic rings. The molecule has 1 amide bonds. The second kappa shape index (κ2) is 6.60. The van der Waals surface area contributed by atoms with E-state index in [4.69, 9.17) is 27.9 Å². The van der Waals surface area contributed by atoms with Gasteiger partial charge in [0, 0.05) is 16.7 Å². The van der Waals surface area contributed by atoms with Crippen LogP contribution in [0.25, 0.3) is 0 Å². The summed E-state index contributed by atoms with van der Waals surface area (Å²) < 4.78 is 5.55. The van der Waals surface area contributed by atoms with E-state index in [2.05, 4.69) is 5.32 Å². The van der Waals surface area contributed by atoms with Gasteiger partial charge in [-0.05, 0) is 37.5 Å². The third-order valence-corrected chi connectivity index (χ3v) is 3.86. The first-order valence-electron chi connectivity index (χ1n) is 6.41. The first-order valence-corrected chi connectivity index (χ1v) is 7.17. The summed E-state index contributed by atoms with van der Waals surface area (Å²) in [5.41, 5.74) is 0.781. The lowest BCUT2D eigenvalue weighted by atomic mass is 10.1. The molecule has 1 saturated heterocycles. The Balaban J connectivity index is 1.89. The molecule has 0 saturated carbocycles. The van der Waals surface area contributed by atoms with Gasteiger partial charge in [-0.1, -0.05) is 29.3 Å². The zero-order chi connectivity index (χ0) is 13.8. The van der Waals surface area contributed by atoms with E-state index in [0.717, 1.165) is 25.0 Å². The highest BCUT2D eigenvalue weighted by Crippen LogP contribution is 2.21. The Morgan fingerprint density at radius 2 is 2.32 bits per heavy atom. The van der Waals surface area contributed by atoms with Crippen molar-refractivity contribution >= 4 is 29.1 Å². The Labute approximate surface area is 123 Å². The normalized spacial score (nSPS) is 20.3. The predicted molar refractivity (Wildman–Crippen MR) is 76.7 cm³/mol. The average Bonchev–Trinajstić information content (AvgIpc) is 2.86. The summed E-state index contributed by atoms with van der Waals surface area (Å²) in [5, 5.41) is 4.05. The van der Waals surface area contributed by atoms with Crippen LogP contribution in [0.5, 0.6) is 0 Å². The van der Waals surface area contributed by atoms with Gasteiger partial charge in [-0.3, -0.25) is 4.79 Å². The molecule has 3 nitrogen and oxygen atoms in total. The monoisotopic (exact) mass is 301 g/mol. The molecule has 1 aromatic carbocycles. The average molecular weight is 302 g/mol. The van der Waals surface area contributed by atoms with E-state index < -0.39 is 0 Å². The molecule has 0 aliphatic carbocycles. The van der Waals surface area contributed by atoms with Crippen molar-refractivity contribution in [3.05, 3.63) is 33.8 Å². The maximum absolute atomic E-state index is 12.0. The first-order chi connectivity index (χ1) is 9.06. The fourth-order valence-electron chi connectivity index (χ4n) is 2.23. The second-order valence-electron chi connectivity index (χ2n) is 4.82. The fourth-order valence-corrected chi connectivity index (χ4v) is 2.71. The Hall–Kier alpha value is -0.770. The van der Waals surface area contributed by atoms with Crippen LogP contribution in [-0.4, -0.2) is 24.7 Å². The summed E-state index contributed by atoms with van der Waals surface area (Å²) in [4.78, 5) is 12.0.